The van der Waals surface area contributed by atoms with Crippen LogP contribution in [-0.4, -0.2) is 0 Å². The quantitative estimate of drug-likeness (QED) is 0.464. The molecular weight excluding hydrogens is 158 g/mol. The molecule has 0 amide bonds. The van der Waals surface area contributed by atoms with Gasteiger partial charge in [-0.25, -0.2) is 0 Å². The van der Waals surface area contributed by atoms with E-state index in [9.17, 15) is 5.26 Å². The smallest absolute Gasteiger partial charge is 0.0693 e. The van der Waals surface area contributed by atoms with Gasteiger partial charge in [-0.2, -0.15) is 5.26 Å². The molecule has 13 heavy (non-hydrogen) atoms. The maximum absolute atomic E-state index is 9.21. The molecule has 0 spiro atoms. The monoisotopic (exact) mass is 177 g/mol. The van der Waals surface area contributed by atoms with Gasteiger partial charge in [-0.1, -0.05) is 37.8 Å². The molecule has 72 valence electrons. The molecule has 0 aromatic rings. The van der Waals surface area contributed by atoms with Crippen LogP contribution in [0, 0.1) is 16.7 Å². The molecule has 1 rings (SSSR count). The first-order valence-electron chi connectivity index (χ1n) is 5.35. The van der Waals surface area contributed by atoms with Crippen molar-refractivity contribution in [2.45, 2.75) is 51.9 Å². The van der Waals surface area contributed by atoms with Gasteiger partial charge in [0.1, 0.15) is 0 Å². The zero-order valence-corrected chi connectivity index (χ0v) is 8.55. The third-order valence-electron chi connectivity index (χ3n) is 3.04. The van der Waals surface area contributed by atoms with E-state index in [1.807, 2.05) is 6.92 Å². The van der Waals surface area contributed by atoms with Crippen molar-refractivity contribution < 1.29 is 0 Å². The number of nitriles is 1. The summed E-state index contributed by atoms with van der Waals surface area (Å²) in [6, 6.07) is 2.54. The van der Waals surface area contributed by atoms with Crippen molar-refractivity contribution in [3.8, 4) is 6.07 Å². The summed E-state index contributed by atoms with van der Waals surface area (Å²) in [6.45, 7) is 2.03. The lowest BCUT2D eigenvalue weighted by Gasteiger charge is -2.22. The fourth-order valence-electron chi connectivity index (χ4n) is 2.11. The Balaban J connectivity index is 2.60. The molecule has 0 aromatic heterocycles. The number of nitrogens with zero attached hydrogens (tertiary/aromatic N) is 1. The molecule has 0 heterocycles. The summed E-state index contributed by atoms with van der Waals surface area (Å²) < 4.78 is 0. The van der Waals surface area contributed by atoms with Crippen molar-refractivity contribution in [3.05, 3.63) is 12.2 Å². The third-order valence-corrected chi connectivity index (χ3v) is 3.04. The van der Waals surface area contributed by atoms with Gasteiger partial charge in [0.05, 0.1) is 11.5 Å². The van der Waals surface area contributed by atoms with Crippen LogP contribution in [0.5, 0.6) is 0 Å². The molecule has 1 aliphatic carbocycles. The Labute approximate surface area is 81.5 Å². The Hall–Kier alpha value is -0.770. The van der Waals surface area contributed by atoms with Crippen LogP contribution in [-0.2, 0) is 0 Å². The van der Waals surface area contributed by atoms with Crippen molar-refractivity contribution in [2.75, 3.05) is 0 Å². The van der Waals surface area contributed by atoms with Crippen molar-refractivity contribution in [1.82, 2.24) is 0 Å². The van der Waals surface area contributed by atoms with Crippen molar-refractivity contribution in [2.24, 2.45) is 5.41 Å². The van der Waals surface area contributed by atoms with Gasteiger partial charge < -0.3 is 0 Å². The fraction of sp³-hybridized carbons (Fsp3) is 0.750. The Kier molecular flexibility index (Phi) is 4.02. The molecule has 0 unspecified atom stereocenters. The molecule has 0 N–H and O–H groups in total. The predicted molar refractivity (Wildman–Crippen MR) is 55.2 cm³/mol. The van der Waals surface area contributed by atoms with Crippen LogP contribution in [0.3, 0.4) is 0 Å². The molecule has 1 aliphatic rings. The Morgan fingerprint density at radius 2 is 1.85 bits per heavy atom. The lowest BCUT2D eigenvalue weighted by Crippen LogP contribution is -2.16. The lowest BCUT2D eigenvalue weighted by atomic mass is 9.79. The minimum absolute atomic E-state index is 0.0248. The van der Waals surface area contributed by atoms with E-state index in [1.54, 1.807) is 0 Å². The summed E-state index contributed by atoms with van der Waals surface area (Å²) in [4.78, 5) is 0. The van der Waals surface area contributed by atoms with E-state index in [2.05, 4.69) is 18.2 Å². The zero-order chi connectivity index (χ0) is 9.57. The summed E-state index contributed by atoms with van der Waals surface area (Å²) in [7, 11) is 0. The van der Waals surface area contributed by atoms with Crippen LogP contribution in [0.4, 0.5) is 0 Å². The highest BCUT2D eigenvalue weighted by Gasteiger charge is 2.29. The highest BCUT2D eigenvalue weighted by Crippen LogP contribution is 2.37. The standard InChI is InChI=1S/C12H19N/c1-2-3-8-12(11-13)9-6-4-5-7-10-12/h2-3H,4-10H2,1H3/b3-2+. The highest BCUT2D eigenvalue weighted by molar-refractivity contribution is 5.03. The van der Waals surface area contributed by atoms with Crippen LogP contribution >= 0.6 is 0 Å². The Morgan fingerprint density at radius 3 is 2.31 bits per heavy atom. The van der Waals surface area contributed by atoms with Crippen LogP contribution in [0.1, 0.15) is 51.9 Å². The first-order valence-corrected chi connectivity index (χ1v) is 5.35. The molecule has 1 saturated carbocycles. The average Bonchev–Trinajstić information content (AvgIpc) is 2.41. The molecule has 1 fully saturated rings. The lowest BCUT2D eigenvalue weighted by molar-refractivity contribution is 0.345. The van der Waals surface area contributed by atoms with E-state index >= 15 is 0 Å². The summed E-state index contributed by atoms with van der Waals surface area (Å²) in [5, 5.41) is 9.21. The van der Waals surface area contributed by atoms with Gasteiger partial charge in [0.25, 0.3) is 0 Å². The maximum Gasteiger partial charge on any atom is 0.0693 e. The van der Waals surface area contributed by atoms with Gasteiger partial charge in [0.2, 0.25) is 0 Å². The highest BCUT2D eigenvalue weighted by atomic mass is 14.4. The number of hydrogen-bond acceptors (Lipinski definition) is 1. The van der Waals surface area contributed by atoms with Gasteiger partial charge in [-0.05, 0) is 26.2 Å². The van der Waals surface area contributed by atoms with E-state index in [0.717, 1.165) is 19.3 Å². The molecule has 1 nitrogen and oxygen atoms in total. The fourth-order valence-corrected chi connectivity index (χ4v) is 2.11. The SMILES string of the molecule is C/C=C/CC1(C#N)CCCCCC1. The van der Waals surface area contributed by atoms with Gasteiger partial charge in [-0.15, -0.1) is 0 Å². The van der Waals surface area contributed by atoms with E-state index in [-0.39, 0.29) is 5.41 Å². The zero-order valence-electron chi connectivity index (χ0n) is 8.55. The topological polar surface area (TPSA) is 23.8 Å². The largest absolute Gasteiger partial charge is 0.198 e. The number of rotatable bonds is 2. The van der Waals surface area contributed by atoms with Gasteiger partial charge >= 0.3 is 0 Å². The molecule has 1 heteroatoms. The number of allylic oxidation sites excluding steroid dienone is 2. The summed E-state index contributed by atoms with van der Waals surface area (Å²) >= 11 is 0. The second-order valence-corrected chi connectivity index (χ2v) is 4.08. The minimum atomic E-state index is -0.0248. The van der Waals surface area contributed by atoms with E-state index in [0.29, 0.717) is 0 Å². The minimum Gasteiger partial charge on any atom is -0.198 e. The first-order chi connectivity index (χ1) is 6.33. The third kappa shape index (κ3) is 2.88. The van der Waals surface area contributed by atoms with Crippen molar-refractivity contribution in [3.63, 3.8) is 0 Å². The van der Waals surface area contributed by atoms with Crippen LogP contribution in [0.15, 0.2) is 12.2 Å². The van der Waals surface area contributed by atoms with Crippen LogP contribution < -0.4 is 0 Å². The second-order valence-electron chi connectivity index (χ2n) is 4.08. The van der Waals surface area contributed by atoms with Crippen molar-refractivity contribution >= 4 is 0 Å². The average molecular weight is 177 g/mol. The molecular formula is C12H19N. The van der Waals surface area contributed by atoms with Crippen LogP contribution in [0.2, 0.25) is 0 Å². The normalized spacial score (nSPS) is 22.5. The molecule has 0 aromatic carbocycles. The van der Waals surface area contributed by atoms with Gasteiger partial charge in [-0.3, -0.25) is 0 Å². The Morgan fingerprint density at radius 1 is 1.23 bits per heavy atom. The molecule has 0 saturated heterocycles. The van der Waals surface area contributed by atoms with Gasteiger partial charge in [0.15, 0.2) is 0 Å². The summed E-state index contributed by atoms with van der Waals surface area (Å²) in [5.41, 5.74) is -0.0248. The number of hydrogen-bond donors (Lipinski definition) is 0. The summed E-state index contributed by atoms with van der Waals surface area (Å²) in [6.07, 6.45) is 12.5. The van der Waals surface area contributed by atoms with E-state index in [4.69, 9.17) is 0 Å². The predicted octanol–water partition coefficient (Wildman–Crippen LogP) is 3.82. The molecule has 0 radical (unpaired) electrons. The summed E-state index contributed by atoms with van der Waals surface area (Å²) in [5.74, 6) is 0. The second kappa shape index (κ2) is 5.07. The molecule has 0 bridgehead atoms. The van der Waals surface area contributed by atoms with Crippen LogP contribution in [0.25, 0.3) is 0 Å². The van der Waals surface area contributed by atoms with E-state index < -0.39 is 0 Å². The van der Waals surface area contributed by atoms with Gasteiger partial charge in [0, 0.05) is 0 Å². The van der Waals surface area contributed by atoms with Crippen molar-refractivity contribution in [1.29, 1.82) is 5.26 Å². The molecule has 0 atom stereocenters. The Bertz CT molecular complexity index is 202. The maximum atomic E-state index is 9.21. The molecule has 0 aliphatic heterocycles. The van der Waals surface area contributed by atoms with E-state index in [1.165, 1.54) is 25.7 Å². The first kappa shape index (κ1) is 10.3.